The molecule has 6 heteroatoms. The first kappa shape index (κ1) is 16.2. The Hall–Kier alpha value is -1.14. The molecule has 1 aromatic carbocycles. The number of amides is 1. The average Bonchev–Trinajstić information content (AvgIpc) is 2.46. The van der Waals surface area contributed by atoms with Gasteiger partial charge in [0.15, 0.2) is 0 Å². The van der Waals surface area contributed by atoms with Gasteiger partial charge >= 0.3 is 0 Å². The number of carbonyl (C=O) groups is 1. The fraction of sp³-hybridized carbons (Fsp3) is 0.533. The number of rotatable bonds is 5. The number of halogens is 1. The molecule has 21 heavy (non-hydrogen) atoms. The summed E-state index contributed by atoms with van der Waals surface area (Å²) in [5.74, 6) is -0.0137. The summed E-state index contributed by atoms with van der Waals surface area (Å²) in [5, 5.41) is 3.56. The van der Waals surface area contributed by atoms with Crippen LogP contribution in [0, 0.1) is 0 Å². The van der Waals surface area contributed by atoms with Crippen LogP contribution in [0.3, 0.4) is 0 Å². The van der Waals surface area contributed by atoms with Crippen molar-refractivity contribution in [2.45, 2.75) is 25.6 Å². The standard InChI is InChI=1S/C15H22ClN3O2/c1-11(17)14-9-19(6-7-21-14)10-15(20)18-8-12-4-2-3-5-13(12)16/h2-5,11,14H,6-10,17H2,1H3,(H,18,20). The van der Waals surface area contributed by atoms with Crippen molar-refractivity contribution in [3.05, 3.63) is 34.9 Å². The highest BCUT2D eigenvalue weighted by molar-refractivity contribution is 6.31. The highest BCUT2D eigenvalue weighted by atomic mass is 35.5. The number of nitrogens with zero attached hydrogens (tertiary/aromatic N) is 1. The smallest absolute Gasteiger partial charge is 0.234 e. The van der Waals surface area contributed by atoms with Crippen molar-refractivity contribution in [2.75, 3.05) is 26.2 Å². The quantitative estimate of drug-likeness (QED) is 0.851. The topological polar surface area (TPSA) is 67.6 Å². The van der Waals surface area contributed by atoms with Crippen LogP contribution in [0.15, 0.2) is 24.3 Å². The minimum atomic E-state index is -0.0287. The lowest BCUT2D eigenvalue weighted by molar-refractivity contribution is -0.124. The molecule has 1 aliphatic heterocycles. The summed E-state index contributed by atoms with van der Waals surface area (Å²) in [6.45, 7) is 4.78. The van der Waals surface area contributed by atoms with Gasteiger partial charge in [-0.3, -0.25) is 9.69 Å². The van der Waals surface area contributed by atoms with Crippen LogP contribution in [-0.4, -0.2) is 49.2 Å². The third-order valence-electron chi connectivity index (χ3n) is 3.57. The van der Waals surface area contributed by atoms with Gasteiger partial charge in [0.05, 0.1) is 19.3 Å². The van der Waals surface area contributed by atoms with Crippen molar-refractivity contribution < 1.29 is 9.53 Å². The molecule has 2 rings (SSSR count). The van der Waals surface area contributed by atoms with Gasteiger partial charge in [0.2, 0.25) is 5.91 Å². The first-order chi connectivity index (χ1) is 10.1. The zero-order valence-electron chi connectivity index (χ0n) is 12.2. The van der Waals surface area contributed by atoms with E-state index >= 15 is 0 Å². The second-order valence-corrected chi connectivity index (χ2v) is 5.78. The fourth-order valence-corrected chi connectivity index (χ4v) is 2.49. The summed E-state index contributed by atoms with van der Waals surface area (Å²) in [6, 6.07) is 7.47. The zero-order valence-corrected chi connectivity index (χ0v) is 13.0. The van der Waals surface area contributed by atoms with Crippen LogP contribution in [0.4, 0.5) is 0 Å². The summed E-state index contributed by atoms with van der Waals surface area (Å²) in [5.41, 5.74) is 6.76. The lowest BCUT2D eigenvalue weighted by Crippen LogP contribution is -2.51. The molecule has 2 unspecified atom stereocenters. The zero-order chi connectivity index (χ0) is 15.2. The minimum Gasteiger partial charge on any atom is -0.374 e. The average molecular weight is 312 g/mol. The van der Waals surface area contributed by atoms with Crippen molar-refractivity contribution in [1.29, 1.82) is 0 Å². The molecule has 1 fully saturated rings. The van der Waals surface area contributed by atoms with Gasteiger partial charge < -0.3 is 15.8 Å². The largest absolute Gasteiger partial charge is 0.374 e. The number of carbonyl (C=O) groups excluding carboxylic acids is 1. The lowest BCUT2D eigenvalue weighted by Gasteiger charge is -2.34. The second kappa shape index (κ2) is 7.75. The number of nitrogens with one attached hydrogen (secondary N) is 1. The van der Waals surface area contributed by atoms with Crippen molar-refractivity contribution in [1.82, 2.24) is 10.2 Å². The maximum absolute atomic E-state index is 12.0. The highest BCUT2D eigenvalue weighted by Gasteiger charge is 2.24. The van der Waals surface area contributed by atoms with Gasteiger partial charge in [0.1, 0.15) is 0 Å². The predicted molar refractivity (Wildman–Crippen MR) is 83.1 cm³/mol. The fourth-order valence-electron chi connectivity index (χ4n) is 2.29. The molecule has 3 N–H and O–H groups in total. The highest BCUT2D eigenvalue weighted by Crippen LogP contribution is 2.14. The maximum Gasteiger partial charge on any atom is 0.234 e. The molecule has 1 heterocycles. The minimum absolute atomic E-state index is 0.00452. The van der Waals surface area contributed by atoms with Crippen molar-refractivity contribution >= 4 is 17.5 Å². The predicted octanol–water partition coefficient (Wildman–Crippen LogP) is 1.00. The molecule has 1 aromatic rings. The molecule has 116 valence electrons. The Kier molecular flexibility index (Phi) is 5.99. The van der Waals surface area contributed by atoms with Crippen LogP contribution in [-0.2, 0) is 16.1 Å². The van der Waals surface area contributed by atoms with Crippen LogP contribution < -0.4 is 11.1 Å². The van der Waals surface area contributed by atoms with Gasteiger partial charge in [0, 0.05) is 30.7 Å². The third kappa shape index (κ3) is 4.97. The Morgan fingerprint density at radius 2 is 2.33 bits per heavy atom. The van der Waals surface area contributed by atoms with Crippen molar-refractivity contribution in [2.24, 2.45) is 5.73 Å². The molecule has 2 atom stereocenters. The van der Waals surface area contributed by atoms with Crippen LogP contribution >= 0.6 is 11.6 Å². The maximum atomic E-state index is 12.0. The summed E-state index contributed by atoms with van der Waals surface area (Å²) in [7, 11) is 0. The van der Waals surface area contributed by atoms with Gasteiger partial charge in [-0.15, -0.1) is 0 Å². The molecule has 1 saturated heterocycles. The summed E-state index contributed by atoms with van der Waals surface area (Å²) >= 11 is 6.06. The van der Waals surface area contributed by atoms with Crippen LogP contribution in [0.25, 0.3) is 0 Å². The molecule has 0 aliphatic carbocycles. The molecular formula is C15H22ClN3O2. The van der Waals surface area contributed by atoms with E-state index in [4.69, 9.17) is 22.1 Å². The van der Waals surface area contributed by atoms with Crippen LogP contribution in [0.5, 0.6) is 0 Å². The number of hydrogen-bond acceptors (Lipinski definition) is 4. The van der Waals surface area contributed by atoms with E-state index in [1.807, 2.05) is 31.2 Å². The molecule has 0 radical (unpaired) electrons. The number of morpholine rings is 1. The van der Waals surface area contributed by atoms with Gasteiger partial charge in [-0.2, -0.15) is 0 Å². The number of nitrogens with two attached hydrogens (primary N) is 1. The van der Waals surface area contributed by atoms with Gasteiger partial charge in [-0.05, 0) is 18.6 Å². The van der Waals surface area contributed by atoms with Crippen molar-refractivity contribution in [3.8, 4) is 0 Å². The van der Waals surface area contributed by atoms with Gasteiger partial charge in [-0.1, -0.05) is 29.8 Å². The first-order valence-electron chi connectivity index (χ1n) is 7.16. The van der Waals surface area contributed by atoms with Gasteiger partial charge in [0.25, 0.3) is 0 Å². The number of hydrogen-bond donors (Lipinski definition) is 2. The molecule has 0 aromatic heterocycles. The molecule has 1 aliphatic rings. The number of ether oxygens (including phenoxy) is 1. The summed E-state index contributed by atoms with van der Waals surface area (Å²) < 4.78 is 5.58. The Labute approximate surface area is 130 Å². The molecule has 1 amide bonds. The molecular weight excluding hydrogens is 290 g/mol. The van der Waals surface area contributed by atoms with Crippen LogP contribution in [0.2, 0.25) is 5.02 Å². The summed E-state index contributed by atoms with van der Waals surface area (Å²) in [4.78, 5) is 14.1. The lowest BCUT2D eigenvalue weighted by atomic mass is 10.1. The van der Waals surface area contributed by atoms with E-state index in [0.717, 1.165) is 12.1 Å². The molecule has 0 bridgehead atoms. The Balaban J connectivity index is 1.78. The molecule has 5 nitrogen and oxygen atoms in total. The van der Waals surface area contributed by atoms with E-state index in [9.17, 15) is 4.79 Å². The third-order valence-corrected chi connectivity index (χ3v) is 3.93. The SMILES string of the molecule is CC(N)C1CN(CC(=O)NCc2ccccc2Cl)CCO1. The van der Waals surface area contributed by atoms with E-state index in [-0.39, 0.29) is 18.1 Å². The Bertz CT molecular complexity index is 482. The second-order valence-electron chi connectivity index (χ2n) is 5.37. The monoisotopic (exact) mass is 311 g/mol. The Morgan fingerprint density at radius 1 is 1.57 bits per heavy atom. The van der Waals surface area contributed by atoms with Gasteiger partial charge in [-0.25, -0.2) is 0 Å². The van der Waals surface area contributed by atoms with E-state index in [2.05, 4.69) is 10.2 Å². The van der Waals surface area contributed by atoms with E-state index in [0.29, 0.717) is 31.3 Å². The van der Waals surface area contributed by atoms with Crippen molar-refractivity contribution in [3.63, 3.8) is 0 Å². The first-order valence-corrected chi connectivity index (χ1v) is 7.53. The van der Waals surface area contributed by atoms with Crippen LogP contribution in [0.1, 0.15) is 12.5 Å². The Morgan fingerprint density at radius 3 is 3.05 bits per heavy atom. The van der Waals surface area contributed by atoms with E-state index in [1.165, 1.54) is 0 Å². The summed E-state index contributed by atoms with van der Waals surface area (Å²) in [6.07, 6.45) is -0.00452. The molecule has 0 spiro atoms. The number of benzene rings is 1. The van der Waals surface area contributed by atoms with E-state index < -0.39 is 0 Å². The molecule has 0 saturated carbocycles. The van der Waals surface area contributed by atoms with E-state index in [1.54, 1.807) is 0 Å². The normalized spacial score (nSPS) is 21.0.